The van der Waals surface area contributed by atoms with E-state index in [0.29, 0.717) is 11.5 Å². The van der Waals surface area contributed by atoms with Crippen LogP contribution in [0.15, 0.2) is 0 Å². The van der Waals surface area contributed by atoms with E-state index in [9.17, 15) is 0 Å². The summed E-state index contributed by atoms with van der Waals surface area (Å²) in [6, 6.07) is 0.570. The highest BCUT2D eigenvalue weighted by atomic mass is 16.5. The van der Waals surface area contributed by atoms with Crippen molar-refractivity contribution < 1.29 is 4.74 Å². The van der Waals surface area contributed by atoms with E-state index in [1.54, 1.807) is 0 Å². The Labute approximate surface area is 101 Å². The maximum Gasteiger partial charge on any atom is 0.0622 e. The van der Waals surface area contributed by atoms with Gasteiger partial charge in [-0.25, -0.2) is 0 Å². The maximum atomic E-state index is 5.59. The fourth-order valence-corrected chi connectivity index (χ4v) is 2.69. The molecule has 2 heteroatoms. The first kappa shape index (κ1) is 14.0. The molecule has 0 aromatic rings. The van der Waals surface area contributed by atoms with Crippen molar-refractivity contribution in [3.05, 3.63) is 0 Å². The van der Waals surface area contributed by atoms with Crippen LogP contribution in [0, 0.1) is 11.3 Å². The molecular weight excluding hydrogens is 198 g/mol. The SMILES string of the molecule is CCNC(COCC)C1CCC(C)(C)CC1. The van der Waals surface area contributed by atoms with Gasteiger partial charge in [0, 0.05) is 12.6 Å². The minimum absolute atomic E-state index is 0.568. The minimum atomic E-state index is 0.568. The van der Waals surface area contributed by atoms with Gasteiger partial charge >= 0.3 is 0 Å². The van der Waals surface area contributed by atoms with E-state index in [1.165, 1.54) is 25.7 Å². The van der Waals surface area contributed by atoms with Crippen LogP contribution >= 0.6 is 0 Å². The first-order valence-electron chi connectivity index (χ1n) is 6.90. The summed E-state index contributed by atoms with van der Waals surface area (Å²) in [5, 5.41) is 3.59. The zero-order valence-corrected chi connectivity index (χ0v) is 11.5. The second-order valence-corrected chi connectivity index (χ2v) is 5.83. The molecule has 0 bridgehead atoms. The normalized spacial score (nSPS) is 23.2. The Morgan fingerprint density at radius 2 is 1.88 bits per heavy atom. The molecule has 1 aliphatic rings. The molecule has 1 atom stereocenters. The summed E-state index contributed by atoms with van der Waals surface area (Å²) in [4.78, 5) is 0. The number of hydrogen-bond donors (Lipinski definition) is 1. The van der Waals surface area contributed by atoms with Gasteiger partial charge in [0.25, 0.3) is 0 Å². The lowest BCUT2D eigenvalue weighted by atomic mass is 9.71. The standard InChI is InChI=1S/C14H29NO/c1-5-15-13(11-16-6-2)12-7-9-14(3,4)10-8-12/h12-13,15H,5-11H2,1-4H3. The Morgan fingerprint density at radius 3 is 2.38 bits per heavy atom. The van der Waals surface area contributed by atoms with E-state index >= 15 is 0 Å². The fraction of sp³-hybridized carbons (Fsp3) is 1.00. The highest BCUT2D eigenvalue weighted by Crippen LogP contribution is 2.39. The van der Waals surface area contributed by atoms with Crippen LogP contribution in [0.1, 0.15) is 53.4 Å². The highest BCUT2D eigenvalue weighted by Gasteiger charge is 2.30. The maximum absolute atomic E-state index is 5.59. The van der Waals surface area contributed by atoms with E-state index in [2.05, 4.69) is 33.0 Å². The van der Waals surface area contributed by atoms with Gasteiger partial charge in [-0.3, -0.25) is 0 Å². The van der Waals surface area contributed by atoms with E-state index in [4.69, 9.17) is 4.74 Å². The first-order chi connectivity index (χ1) is 7.59. The summed E-state index contributed by atoms with van der Waals surface area (Å²) < 4.78 is 5.59. The van der Waals surface area contributed by atoms with E-state index < -0.39 is 0 Å². The zero-order chi connectivity index (χ0) is 12.0. The van der Waals surface area contributed by atoms with Crippen molar-refractivity contribution in [2.75, 3.05) is 19.8 Å². The average Bonchev–Trinajstić information content (AvgIpc) is 2.25. The molecule has 0 amide bonds. The van der Waals surface area contributed by atoms with E-state index in [1.807, 2.05) is 0 Å². The molecule has 0 aliphatic heterocycles. The molecule has 0 aromatic carbocycles. The highest BCUT2D eigenvalue weighted by molar-refractivity contribution is 4.85. The quantitative estimate of drug-likeness (QED) is 0.752. The van der Waals surface area contributed by atoms with Crippen LogP contribution in [-0.2, 0) is 4.74 Å². The molecule has 0 aromatic heterocycles. The van der Waals surface area contributed by atoms with Crippen molar-refractivity contribution in [2.24, 2.45) is 11.3 Å². The predicted molar refractivity (Wildman–Crippen MR) is 69.7 cm³/mol. The van der Waals surface area contributed by atoms with Crippen molar-refractivity contribution in [3.8, 4) is 0 Å². The molecular formula is C14H29NO. The number of rotatable bonds is 6. The van der Waals surface area contributed by atoms with Crippen molar-refractivity contribution in [1.82, 2.24) is 5.32 Å². The molecule has 1 N–H and O–H groups in total. The number of ether oxygens (including phenoxy) is 1. The largest absolute Gasteiger partial charge is 0.380 e. The monoisotopic (exact) mass is 227 g/mol. The van der Waals surface area contributed by atoms with Crippen molar-refractivity contribution in [2.45, 2.75) is 59.4 Å². The third-order valence-electron chi connectivity index (χ3n) is 3.92. The molecule has 1 saturated carbocycles. The lowest BCUT2D eigenvalue weighted by Gasteiger charge is -2.38. The Hall–Kier alpha value is -0.0800. The minimum Gasteiger partial charge on any atom is -0.380 e. The number of likely N-dealkylation sites (N-methyl/N-ethyl adjacent to an activating group) is 1. The van der Waals surface area contributed by atoms with Crippen LogP contribution in [0.3, 0.4) is 0 Å². The van der Waals surface area contributed by atoms with Gasteiger partial charge in [-0.1, -0.05) is 20.8 Å². The van der Waals surface area contributed by atoms with E-state index in [0.717, 1.165) is 25.7 Å². The van der Waals surface area contributed by atoms with Crippen molar-refractivity contribution in [1.29, 1.82) is 0 Å². The van der Waals surface area contributed by atoms with Gasteiger partial charge in [0.15, 0.2) is 0 Å². The Balaban J connectivity index is 2.39. The third-order valence-corrected chi connectivity index (χ3v) is 3.92. The number of hydrogen-bond acceptors (Lipinski definition) is 2. The zero-order valence-electron chi connectivity index (χ0n) is 11.5. The topological polar surface area (TPSA) is 21.3 Å². The Morgan fingerprint density at radius 1 is 1.25 bits per heavy atom. The van der Waals surface area contributed by atoms with E-state index in [-0.39, 0.29) is 0 Å². The molecule has 16 heavy (non-hydrogen) atoms. The third kappa shape index (κ3) is 4.42. The fourth-order valence-electron chi connectivity index (χ4n) is 2.69. The lowest BCUT2D eigenvalue weighted by Crippen LogP contribution is -2.42. The predicted octanol–water partition coefficient (Wildman–Crippen LogP) is 3.22. The van der Waals surface area contributed by atoms with Crippen LogP contribution in [0.2, 0.25) is 0 Å². The summed E-state index contributed by atoms with van der Waals surface area (Å²) in [5.74, 6) is 0.819. The summed E-state index contributed by atoms with van der Waals surface area (Å²) in [7, 11) is 0. The molecule has 1 rings (SSSR count). The van der Waals surface area contributed by atoms with Gasteiger partial charge in [-0.2, -0.15) is 0 Å². The van der Waals surface area contributed by atoms with Gasteiger partial charge in [0.2, 0.25) is 0 Å². The average molecular weight is 227 g/mol. The van der Waals surface area contributed by atoms with Gasteiger partial charge in [-0.05, 0) is 50.5 Å². The van der Waals surface area contributed by atoms with Gasteiger partial charge in [0.1, 0.15) is 0 Å². The summed E-state index contributed by atoms with van der Waals surface area (Å²) in [6.07, 6.45) is 5.45. The van der Waals surface area contributed by atoms with Gasteiger partial charge in [-0.15, -0.1) is 0 Å². The first-order valence-corrected chi connectivity index (χ1v) is 6.90. The van der Waals surface area contributed by atoms with Crippen molar-refractivity contribution in [3.63, 3.8) is 0 Å². The summed E-state index contributed by atoms with van der Waals surface area (Å²) >= 11 is 0. The molecule has 2 nitrogen and oxygen atoms in total. The second kappa shape index (κ2) is 6.61. The Kier molecular flexibility index (Phi) is 5.77. The second-order valence-electron chi connectivity index (χ2n) is 5.83. The summed E-state index contributed by atoms with van der Waals surface area (Å²) in [5.41, 5.74) is 0.568. The summed E-state index contributed by atoms with van der Waals surface area (Å²) in [6.45, 7) is 11.8. The Bertz CT molecular complexity index is 181. The molecule has 96 valence electrons. The van der Waals surface area contributed by atoms with Crippen LogP contribution in [0.5, 0.6) is 0 Å². The molecule has 1 fully saturated rings. The van der Waals surface area contributed by atoms with Crippen LogP contribution in [0.4, 0.5) is 0 Å². The molecule has 0 radical (unpaired) electrons. The van der Waals surface area contributed by atoms with Gasteiger partial charge in [0.05, 0.1) is 6.61 Å². The van der Waals surface area contributed by atoms with Crippen LogP contribution < -0.4 is 5.32 Å². The number of nitrogens with one attached hydrogen (secondary N) is 1. The van der Waals surface area contributed by atoms with Gasteiger partial charge < -0.3 is 10.1 Å². The molecule has 0 spiro atoms. The molecule has 1 unspecified atom stereocenters. The molecule has 0 saturated heterocycles. The lowest BCUT2D eigenvalue weighted by molar-refractivity contribution is 0.0779. The molecule has 1 aliphatic carbocycles. The van der Waals surface area contributed by atoms with Crippen molar-refractivity contribution >= 4 is 0 Å². The molecule has 0 heterocycles. The van der Waals surface area contributed by atoms with Crippen LogP contribution in [0.25, 0.3) is 0 Å². The smallest absolute Gasteiger partial charge is 0.0622 e. The van der Waals surface area contributed by atoms with Crippen LogP contribution in [-0.4, -0.2) is 25.8 Å².